The fraction of sp³-hybridized carbons (Fsp3) is 0.381. The quantitative estimate of drug-likeness (QED) is 0.812. The van der Waals surface area contributed by atoms with Gasteiger partial charge in [-0.1, -0.05) is 30.3 Å². The molecule has 26 heavy (non-hydrogen) atoms. The van der Waals surface area contributed by atoms with E-state index in [0.717, 1.165) is 44.8 Å². The number of aryl methyl sites for hydroxylation is 1. The highest BCUT2D eigenvalue weighted by molar-refractivity contribution is 5.74. The Kier molecular flexibility index (Phi) is 6.36. The van der Waals surface area contributed by atoms with Crippen molar-refractivity contribution in [1.29, 1.82) is 0 Å². The number of urea groups is 1. The molecule has 1 aliphatic heterocycles. The fourth-order valence-electron chi connectivity index (χ4n) is 3.20. The molecular weight excluding hydrogens is 326 g/mol. The minimum atomic E-state index is 0.0486. The number of benzene rings is 2. The molecule has 1 N–H and O–H groups in total. The van der Waals surface area contributed by atoms with Gasteiger partial charge in [-0.25, -0.2) is 4.79 Å². The average molecular weight is 353 g/mol. The van der Waals surface area contributed by atoms with Crippen LogP contribution in [0, 0.1) is 0 Å². The molecule has 0 radical (unpaired) electrons. The van der Waals surface area contributed by atoms with E-state index in [2.05, 4.69) is 46.6 Å². The van der Waals surface area contributed by atoms with E-state index in [1.807, 2.05) is 23.1 Å². The lowest BCUT2D eigenvalue weighted by molar-refractivity contribution is 0.194. The normalized spacial score (nSPS) is 14.2. The van der Waals surface area contributed by atoms with Gasteiger partial charge in [0.25, 0.3) is 0 Å². The molecule has 2 amide bonds. The molecule has 0 atom stereocenters. The number of para-hydroxylation sites is 1. The van der Waals surface area contributed by atoms with E-state index >= 15 is 0 Å². The third-order valence-electron chi connectivity index (χ3n) is 4.77. The van der Waals surface area contributed by atoms with Crippen LogP contribution in [0.25, 0.3) is 0 Å². The van der Waals surface area contributed by atoms with Crippen molar-refractivity contribution >= 4 is 11.7 Å². The molecule has 138 valence electrons. The molecule has 2 aromatic carbocycles. The van der Waals surface area contributed by atoms with Crippen LogP contribution in [0.4, 0.5) is 10.5 Å². The maximum absolute atomic E-state index is 12.3. The van der Waals surface area contributed by atoms with E-state index in [1.54, 1.807) is 7.11 Å². The maximum atomic E-state index is 12.3. The summed E-state index contributed by atoms with van der Waals surface area (Å²) in [4.78, 5) is 16.6. The Hall–Kier alpha value is -2.69. The van der Waals surface area contributed by atoms with Gasteiger partial charge in [0.1, 0.15) is 5.75 Å². The molecule has 5 heteroatoms. The first kappa shape index (κ1) is 18.1. The zero-order chi connectivity index (χ0) is 18.2. The summed E-state index contributed by atoms with van der Waals surface area (Å²) in [6.45, 7) is 3.98. The largest absolute Gasteiger partial charge is 0.497 e. The van der Waals surface area contributed by atoms with Crippen LogP contribution in [-0.2, 0) is 6.42 Å². The van der Waals surface area contributed by atoms with Gasteiger partial charge in [0.15, 0.2) is 0 Å². The summed E-state index contributed by atoms with van der Waals surface area (Å²) < 4.78 is 5.16. The van der Waals surface area contributed by atoms with E-state index in [9.17, 15) is 4.79 Å². The summed E-state index contributed by atoms with van der Waals surface area (Å²) in [5.41, 5.74) is 2.49. The molecule has 0 aliphatic carbocycles. The number of carbonyl (C=O) groups excluding carboxylic acids is 1. The number of nitrogens with zero attached hydrogens (tertiary/aromatic N) is 2. The molecule has 0 spiro atoms. The number of ether oxygens (including phenoxy) is 1. The Morgan fingerprint density at radius 2 is 1.69 bits per heavy atom. The average Bonchev–Trinajstić information content (AvgIpc) is 2.72. The SMILES string of the molecule is COc1ccc(CCCNC(=O)N2CCN(c3ccccc3)CC2)cc1. The first-order chi connectivity index (χ1) is 12.8. The molecule has 5 nitrogen and oxygen atoms in total. The number of hydrogen-bond acceptors (Lipinski definition) is 3. The highest BCUT2D eigenvalue weighted by atomic mass is 16.5. The number of nitrogens with one attached hydrogen (secondary N) is 1. The van der Waals surface area contributed by atoms with Crippen molar-refractivity contribution in [2.75, 3.05) is 44.7 Å². The van der Waals surface area contributed by atoms with Crippen LogP contribution in [0.1, 0.15) is 12.0 Å². The number of rotatable bonds is 6. The molecule has 0 aromatic heterocycles. The van der Waals surface area contributed by atoms with Gasteiger partial charge in [-0.05, 0) is 42.7 Å². The van der Waals surface area contributed by atoms with Gasteiger partial charge in [-0.2, -0.15) is 0 Å². The lowest BCUT2D eigenvalue weighted by atomic mass is 10.1. The van der Waals surface area contributed by atoms with Crippen LogP contribution in [0.3, 0.4) is 0 Å². The summed E-state index contributed by atoms with van der Waals surface area (Å²) in [7, 11) is 1.67. The van der Waals surface area contributed by atoms with Gasteiger partial charge in [0, 0.05) is 38.4 Å². The molecule has 0 saturated carbocycles. The summed E-state index contributed by atoms with van der Waals surface area (Å²) in [6, 6.07) is 18.5. The van der Waals surface area contributed by atoms with Gasteiger partial charge in [0.05, 0.1) is 7.11 Å². The summed E-state index contributed by atoms with van der Waals surface area (Å²) in [5.74, 6) is 0.872. The van der Waals surface area contributed by atoms with Crippen molar-refractivity contribution in [3.63, 3.8) is 0 Å². The van der Waals surface area contributed by atoms with Crippen LogP contribution in [0.15, 0.2) is 54.6 Å². The van der Waals surface area contributed by atoms with Crippen molar-refractivity contribution < 1.29 is 9.53 Å². The molecule has 0 unspecified atom stereocenters. The van der Waals surface area contributed by atoms with Gasteiger partial charge in [-0.15, -0.1) is 0 Å². The predicted octanol–water partition coefficient (Wildman–Crippen LogP) is 3.16. The topological polar surface area (TPSA) is 44.8 Å². The van der Waals surface area contributed by atoms with Crippen LogP contribution < -0.4 is 15.0 Å². The number of methoxy groups -OCH3 is 1. The fourth-order valence-corrected chi connectivity index (χ4v) is 3.20. The minimum absolute atomic E-state index is 0.0486. The molecule has 3 rings (SSSR count). The summed E-state index contributed by atoms with van der Waals surface area (Å²) >= 11 is 0. The standard InChI is InChI=1S/C21H27N3O2/c1-26-20-11-9-18(10-12-20)6-5-13-22-21(25)24-16-14-23(15-17-24)19-7-3-2-4-8-19/h2-4,7-12H,5-6,13-17H2,1H3,(H,22,25). The van der Waals surface area contributed by atoms with E-state index in [4.69, 9.17) is 4.74 Å². The number of amides is 2. The number of hydrogen-bond donors (Lipinski definition) is 1. The van der Waals surface area contributed by atoms with Gasteiger partial charge in [-0.3, -0.25) is 0 Å². The first-order valence-corrected chi connectivity index (χ1v) is 9.22. The molecule has 1 fully saturated rings. The number of piperazine rings is 1. The van der Waals surface area contributed by atoms with E-state index in [0.29, 0.717) is 6.54 Å². The highest BCUT2D eigenvalue weighted by Crippen LogP contribution is 2.15. The van der Waals surface area contributed by atoms with Gasteiger partial charge >= 0.3 is 6.03 Å². The molecule has 2 aromatic rings. The Labute approximate surface area is 155 Å². The van der Waals surface area contributed by atoms with Crippen molar-refractivity contribution in [3.05, 3.63) is 60.2 Å². The van der Waals surface area contributed by atoms with Gasteiger partial charge < -0.3 is 19.9 Å². The molecule has 1 saturated heterocycles. The Bertz CT molecular complexity index is 680. The van der Waals surface area contributed by atoms with Crippen LogP contribution in [-0.4, -0.2) is 50.8 Å². The molecule has 0 bridgehead atoms. The minimum Gasteiger partial charge on any atom is -0.497 e. The second-order valence-corrected chi connectivity index (χ2v) is 6.49. The summed E-state index contributed by atoms with van der Waals surface area (Å²) in [6.07, 6.45) is 1.88. The monoisotopic (exact) mass is 353 g/mol. The lowest BCUT2D eigenvalue weighted by Crippen LogP contribution is -2.52. The number of carbonyl (C=O) groups is 1. The lowest BCUT2D eigenvalue weighted by Gasteiger charge is -2.36. The Balaban J connectivity index is 1.35. The van der Waals surface area contributed by atoms with Crippen molar-refractivity contribution in [3.8, 4) is 5.75 Å². The second kappa shape index (κ2) is 9.13. The maximum Gasteiger partial charge on any atom is 0.317 e. The Morgan fingerprint density at radius 3 is 2.35 bits per heavy atom. The van der Waals surface area contributed by atoms with E-state index in [-0.39, 0.29) is 6.03 Å². The molecular formula is C21H27N3O2. The van der Waals surface area contributed by atoms with Crippen LogP contribution in [0.5, 0.6) is 5.75 Å². The van der Waals surface area contributed by atoms with Crippen molar-refractivity contribution in [2.45, 2.75) is 12.8 Å². The summed E-state index contributed by atoms with van der Waals surface area (Å²) in [5, 5.41) is 3.04. The van der Waals surface area contributed by atoms with Crippen LogP contribution >= 0.6 is 0 Å². The second-order valence-electron chi connectivity index (χ2n) is 6.49. The van der Waals surface area contributed by atoms with Crippen molar-refractivity contribution in [2.24, 2.45) is 0 Å². The third-order valence-corrected chi connectivity index (χ3v) is 4.77. The van der Waals surface area contributed by atoms with E-state index in [1.165, 1.54) is 11.3 Å². The predicted molar refractivity (Wildman–Crippen MR) is 105 cm³/mol. The highest BCUT2D eigenvalue weighted by Gasteiger charge is 2.20. The van der Waals surface area contributed by atoms with Crippen molar-refractivity contribution in [1.82, 2.24) is 10.2 Å². The Morgan fingerprint density at radius 1 is 1.00 bits per heavy atom. The third kappa shape index (κ3) is 4.91. The smallest absolute Gasteiger partial charge is 0.317 e. The molecule has 1 heterocycles. The molecule has 1 aliphatic rings. The first-order valence-electron chi connectivity index (χ1n) is 9.22. The van der Waals surface area contributed by atoms with E-state index < -0.39 is 0 Å². The number of anilines is 1. The zero-order valence-corrected chi connectivity index (χ0v) is 15.4. The van der Waals surface area contributed by atoms with Crippen LogP contribution in [0.2, 0.25) is 0 Å². The zero-order valence-electron chi connectivity index (χ0n) is 15.4. The van der Waals surface area contributed by atoms with Gasteiger partial charge in [0.2, 0.25) is 0 Å².